The van der Waals surface area contributed by atoms with E-state index in [1.165, 1.54) is 6.07 Å². The smallest absolute Gasteiger partial charge is 0.336 e. The molecule has 0 amide bonds. The molecule has 0 atom stereocenters. The fourth-order valence-electron chi connectivity index (χ4n) is 2.23. The summed E-state index contributed by atoms with van der Waals surface area (Å²) in [5, 5.41) is 19.8. The third-order valence-electron chi connectivity index (χ3n) is 3.20. The summed E-state index contributed by atoms with van der Waals surface area (Å²) in [7, 11) is 0. The molecule has 0 fully saturated rings. The second-order valence-electron chi connectivity index (χ2n) is 4.31. The van der Waals surface area contributed by atoms with Crippen LogP contribution in [-0.2, 0) is 0 Å². The van der Waals surface area contributed by atoms with Crippen molar-refractivity contribution in [1.82, 2.24) is 0 Å². The highest BCUT2D eigenvalue weighted by Crippen LogP contribution is 2.31. The van der Waals surface area contributed by atoms with Crippen LogP contribution < -0.4 is 0 Å². The highest BCUT2D eigenvalue weighted by Gasteiger charge is 2.18. The Morgan fingerprint density at radius 2 is 1.63 bits per heavy atom. The van der Waals surface area contributed by atoms with Gasteiger partial charge < -0.3 is 10.2 Å². The monoisotopic (exact) mass is 370 g/mol. The number of carboxylic acids is 2. The van der Waals surface area contributed by atoms with Crippen molar-refractivity contribution in [1.29, 1.82) is 0 Å². The molecule has 0 aliphatic rings. The quantitative estimate of drug-likeness (QED) is 0.795. The lowest BCUT2D eigenvalue weighted by atomic mass is 9.94. The molecule has 2 rings (SSSR count). The van der Waals surface area contributed by atoms with Gasteiger partial charge in [-0.05, 0) is 70.5 Å². The highest BCUT2D eigenvalue weighted by atomic mass is 127. The number of rotatable bonds is 2. The van der Waals surface area contributed by atoms with Crippen molar-refractivity contribution < 1.29 is 19.8 Å². The van der Waals surface area contributed by atoms with Crippen molar-refractivity contribution in [3.8, 4) is 0 Å². The Hall–Kier alpha value is -1.63. The van der Waals surface area contributed by atoms with Gasteiger partial charge in [0.2, 0.25) is 0 Å². The Bertz CT molecular complexity index is 719. The summed E-state index contributed by atoms with van der Waals surface area (Å²) in [6.45, 7) is 3.49. The third kappa shape index (κ3) is 2.18. The molecule has 19 heavy (non-hydrogen) atoms. The highest BCUT2D eigenvalue weighted by molar-refractivity contribution is 14.1. The molecule has 2 aromatic rings. The van der Waals surface area contributed by atoms with Gasteiger partial charge in [0.15, 0.2) is 0 Å². The van der Waals surface area contributed by atoms with E-state index >= 15 is 0 Å². The summed E-state index contributed by atoms with van der Waals surface area (Å²) in [6.07, 6.45) is 0. The molecule has 0 heterocycles. The molecule has 0 saturated heterocycles. The largest absolute Gasteiger partial charge is 0.478 e. The summed E-state index contributed by atoms with van der Waals surface area (Å²) in [5.41, 5.74) is 1.82. The zero-order valence-corrected chi connectivity index (χ0v) is 12.5. The van der Waals surface area contributed by atoms with Gasteiger partial charge in [0, 0.05) is 3.57 Å². The Morgan fingerprint density at radius 3 is 2.16 bits per heavy atom. The summed E-state index contributed by atoms with van der Waals surface area (Å²) in [4.78, 5) is 22.3. The van der Waals surface area contributed by atoms with Crippen LogP contribution in [0.5, 0.6) is 0 Å². The van der Waals surface area contributed by atoms with Crippen molar-refractivity contribution in [2.45, 2.75) is 13.8 Å². The van der Waals surface area contributed by atoms with Crippen LogP contribution in [0.1, 0.15) is 31.8 Å². The van der Waals surface area contributed by atoms with Crippen LogP contribution in [0.2, 0.25) is 0 Å². The number of halogens is 1. The molecule has 0 aromatic heterocycles. The van der Waals surface area contributed by atoms with E-state index in [-0.39, 0.29) is 5.56 Å². The Balaban J connectivity index is 2.93. The maximum absolute atomic E-state index is 11.3. The molecule has 0 radical (unpaired) electrons. The molecule has 0 aliphatic heterocycles. The van der Waals surface area contributed by atoms with E-state index < -0.39 is 11.9 Å². The fraction of sp³-hybridized carbons (Fsp3) is 0.143. The molecule has 98 valence electrons. The van der Waals surface area contributed by atoms with Gasteiger partial charge in [-0.2, -0.15) is 0 Å². The van der Waals surface area contributed by atoms with E-state index in [0.717, 1.165) is 14.3 Å². The SMILES string of the molecule is Cc1c(C(=O)O)c(C)c2ccc(C(=O)O)cc2c1I. The summed E-state index contributed by atoms with van der Waals surface area (Å²) >= 11 is 2.06. The van der Waals surface area contributed by atoms with Crippen LogP contribution in [0.4, 0.5) is 0 Å². The van der Waals surface area contributed by atoms with E-state index in [1.807, 2.05) is 0 Å². The number of carbonyl (C=O) groups is 2. The molecule has 0 aliphatic carbocycles. The fourth-order valence-corrected chi connectivity index (χ4v) is 2.95. The number of benzene rings is 2. The van der Waals surface area contributed by atoms with Crippen LogP contribution in [-0.4, -0.2) is 22.2 Å². The second-order valence-corrected chi connectivity index (χ2v) is 5.39. The normalized spacial score (nSPS) is 10.7. The predicted molar refractivity (Wildman–Crippen MR) is 80.1 cm³/mol. The van der Waals surface area contributed by atoms with Gasteiger partial charge in [-0.15, -0.1) is 0 Å². The number of carboxylic acid groups (broad SMARTS) is 2. The zero-order chi connectivity index (χ0) is 14.3. The van der Waals surface area contributed by atoms with Crippen LogP contribution >= 0.6 is 22.6 Å². The molecule has 0 saturated carbocycles. The first-order valence-corrected chi connectivity index (χ1v) is 6.61. The molecule has 5 heteroatoms. The van der Waals surface area contributed by atoms with Crippen molar-refractivity contribution in [3.63, 3.8) is 0 Å². The summed E-state index contributed by atoms with van der Waals surface area (Å²) in [5.74, 6) is -1.95. The molecule has 0 spiro atoms. The number of aryl methyl sites for hydroxylation is 1. The number of hydrogen-bond acceptors (Lipinski definition) is 2. The lowest BCUT2D eigenvalue weighted by Crippen LogP contribution is -2.06. The van der Waals surface area contributed by atoms with Crippen LogP contribution in [0.15, 0.2) is 18.2 Å². The number of hydrogen-bond donors (Lipinski definition) is 2. The minimum atomic E-state index is -0.990. The standard InChI is InChI=1S/C14H11IO4/c1-6-9-4-3-8(13(16)17)5-10(9)12(15)7(2)11(6)14(18)19/h3-5H,1-2H3,(H,16,17)(H,18,19). The van der Waals surface area contributed by atoms with Gasteiger partial charge >= 0.3 is 11.9 Å². The van der Waals surface area contributed by atoms with Crippen molar-refractivity contribution in [3.05, 3.63) is 44.0 Å². The van der Waals surface area contributed by atoms with E-state index in [1.54, 1.807) is 26.0 Å². The average molecular weight is 370 g/mol. The second kappa shape index (κ2) is 4.80. The summed E-state index contributed by atoms with van der Waals surface area (Å²) < 4.78 is 0.777. The van der Waals surface area contributed by atoms with Crippen LogP contribution in [0.25, 0.3) is 10.8 Å². The molecule has 0 unspecified atom stereocenters. The van der Waals surface area contributed by atoms with Gasteiger partial charge in [-0.1, -0.05) is 6.07 Å². The van der Waals surface area contributed by atoms with Gasteiger partial charge in [0.1, 0.15) is 0 Å². The van der Waals surface area contributed by atoms with Gasteiger partial charge in [0.05, 0.1) is 11.1 Å². The molecule has 2 N–H and O–H groups in total. The third-order valence-corrected chi connectivity index (χ3v) is 4.59. The minimum Gasteiger partial charge on any atom is -0.478 e. The maximum Gasteiger partial charge on any atom is 0.336 e. The van der Waals surface area contributed by atoms with E-state index in [2.05, 4.69) is 22.6 Å². The molecule has 4 nitrogen and oxygen atoms in total. The first kappa shape index (κ1) is 13.8. The average Bonchev–Trinajstić information content (AvgIpc) is 2.35. The Kier molecular flexibility index (Phi) is 3.49. The maximum atomic E-state index is 11.3. The number of fused-ring (bicyclic) bond motifs is 1. The van der Waals surface area contributed by atoms with Crippen molar-refractivity contribution in [2.75, 3.05) is 0 Å². The number of aromatic carboxylic acids is 2. The van der Waals surface area contributed by atoms with Gasteiger partial charge in [-0.3, -0.25) is 0 Å². The predicted octanol–water partition coefficient (Wildman–Crippen LogP) is 3.46. The van der Waals surface area contributed by atoms with E-state index in [9.17, 15) is 14.7 Å². The van der Waals surface area contributed by atoms with Gasteiger partial charge in [-0.25, -0.2) is 9.59 Å². The molecule has 0 bridgehead atoms. The Labute approximate surface area is 123 Å². The van der Waals surface area contributed by atoms with Crippen LogP contribution in [0.3, 0.4) is 0 Å². The van der Waals surface area contributed by atoms with Gasteiger partial charge in [0.25, 0.3) is 0 Å². The molecular weight excluding hydrogens is 359 g/mol. The molecule has 2 aromatic carbocycles. The van der Waals surface area contributed by atoms with E-state index in [0.29, 0.717) is 16.7 Å². The summed E-state index contributed by atoms with van der Waals surface area (Å²) in [6, 6.07) is 4.75. The van der Waals surface area contributed by atoms with Crippen molar-refractivity contribution >= 4 is 45.3 Å². The van der Waals surface area contributed by atoms with Crippen molar-refractivity contribution in [2.24, 2.45) is 0 Å². The van der Waals surface area contributed by atoms with E-state index in [4.69, 9.17) is 5.11 Å². The zero-order valence-electron chi connectivity index (χ0n) is 10.3. The lowest BCUT2D eigenvalue weighted by Gasteiger charge is -2.13. The lowest BCUT2D eigenvalue weighted by molar-refractivity contribution is 0.0685. The Morgan fingerprint density at radius 1 is 1.00 bits per heavy atom. The first-order chi connectivity index (χ1) is 8.84. The minimum absolute atomic E-state index is 0.201. The first-order valence-electron chi connectivity index (χ1n) is 5.53. The molecular formula is C14H11IO4. The van der Waals surface area contributed by atoms with Crippen LogP contribution in [0, 0.1) is 17.4 Å². The topological polar surface area (TPSA) is 74.6 Å².